The van der Waals surface area contributed by atoms with Gasteiger partial charge in [0.1, 0.15) is 0 Å². The largest absolute Gasteiger partial charge is 0.382 e. The van der Waals surface area contributed by atoms with Gasteiger partial charge in [0.25, 0.3) is 0 Å². The summed E-state index contributed by atoms with van der Waals surface area (Å²) in [6.07, 6.45) is 3.41. The number of rotatable bonds is 6. The van der Waals surface area contributed by atoms with Crippen molar-refractivity contribution in [2.24, 2.45) is 0 Å². The van der Waals surface area contributed by atoms with Gasteiger partial charge in [0.15, 0.2) is 0 Å². The summed E-state index contributed by atoms with van der Waals surface area (Å²) in [4.78, 5) is 0. The second-order valence-electron chi connectivity index (χ2n) is 5.15. The van der Waals surface area contributed by atoms with Gasteiger partial charge in [-0.3, -0.25) is 0 Å². The summed E-state index contributed by atoms with van der Waals surface area (Å²) >= 11 is 0. The number of anilines is 1. The number of hydrogen-bond acceptors (Lipinski definition) is 1. The van der Waals surface area contributed by atoms with Gasteiger partial charge in [-0.1, -0.05) is 61.9 Å². The van der Waals surface area contributed by atoms with E-state index < -0.39 is 0 Å². The van der Waals surface area contributed by atoms with Gasteiger partial charge in [-0.15, -0.1) is 0 Å². The van der Waals surface area contributed by atoms with E-state index in [1.165, 1.54) is 29.7 Å². The molecule has 0 heterocycles. The Labute approximate surface area is 116 Å². The lowest BCUT2D eigenvalue weighted by Crippen LogP contribution is -2.15. The number of hydrogen-bond donors (Lipinski definition) is 1. The second-order valence-corrected chi connectivity index (χ2v) is 5.15. The van der Waals surface area contributed by atoms with Gasteiger partial charge >= 0.3 is 0 Å². The van der Waals surface area contributed by atoms with E-state index in [1.807, 2.05) is 0 Å². The van der Waals surface area contributed by atoms with Crippen molar-refractivity contribution in [3.05, 3.63) is 65.7 Å². The molecule has 100 valence electrons. The highest BCUT2D eigenvalue weighted by Crippen LogP contribution is 2.20. The van der Waals surface area contributed by atoms with Crippen molar-refractivity contribution in [3.63, 3.8) is 0 Å². The molecule has 2 aromatic rings. The first-order valence-corrected chi connectivity index (χ1v) is 7.18. The molecule has 1 N–H and O–H groups in total. The maximum absolute atomic E-state index is 3.63. The molecule has 0 fully saturated rings. The van der Waals surface area contributed by atoms with Crippen molar-refractivity contribution in [2.45, 2.75) is 39.2 Å². The van der Waals surface area contributed by atoms with Gasteiger partial charge in [-0.05, 0) is 37.0 Å². The molecule has 1 nitrogen and oxygen atoms in total. The van der Waals surface area contributed by atoms with Crippen molar-refractivity contribution < 1.29 is 0 Å². The molecule has 2 rings (SSSR count). The summed E-state index contributed by atoms with van der Waals surface area (Å²) in [5.41, 5.74) is 4.00. The fourth-order valence-corrected chi connectivity index (χ4v) is 2.40. The predicted octanol–water partition coefficient (Wildman–Crippen LogP) is 4.88. The van der Waals surface area contributed by atoms with Crippen LogP contribution in [0.2, 0.25) is 0 Å². The van der Waals surface area contributed by atoms with Gasteiger partial charge in [0, 0.05) is 11.7 Å². The maximum Gasteiger partial charge on any atom is 0.0378 e. The van der Waals surface area contributed by atoms with Crippen molar-refractivity contribution >= 4 is 5.69 Å². The molecule has 2 aromatic carbocycles. The third kappa shape index (κ3) is 4.13. The SMILES string of the molecule is CCCC(C)Nc1ccccc1Cc1ccccc1. The summed E-state index contributed by atoms with van der Waals surface area (Å²) in [5, 5.41) is 3.63. The monoisotopic (exact) mass is 253 g/mol. The van der Waals surface area contributed by atoms with Gasteiger partial charge in [0.05, 0.1) is 0 Å². The van der Waals surface area contributed by atoms with Crippen LogP contribution in [0.4, 0.5) is 5.69 Å². The summed E-state index contributed by atoms with van der Waals surface area (Å²) in [6.45, 7) is 4.48. The van der Waals surface area contributed by atoms with Gasteiger partial charge in [0.2, 0.25) is 0 Å². The molecule has 1 atom stereocenters. The molecule has 0 saturated carbocycles. The topological polar surface area (TPSA) is 12.0 Å². The minimum atomic E-state index is 0.530. The summed E-state index contributed by atoms with van der Waals surface area (Å²) < 4.78 is 0. The van der Waals surface area contributed by atoms with Crippen LogP contribution >= 0.6 is 0 Å². The highest BCUT2D eigenvalue weighted by atomic mass is 14.9. The van der Waals surface area contributed by atoms with E-state index in [-0.39, 0.29) is 0 Å². The van der Waals surface area contributed by atoms with Gasteiger partial charge in [-0.25, -0.2) is 0 Å². The summed E-state index contributed by atoms with van der Waals surface area (Å²) in [5.74, 6) is 0. The Morgan fingerprint density at radius 1 is 0.947 bits per heavy atom. The van der Waals surface area contributed by atoms with Crippen molar-refractivity contribution in [1.29, 1.82) is 0 Å². The smallest absolute Gasteiger partial charge is 0.0378 e. The van der Waals surface area contributed by atoms with Crippen LogP contribution in [0.15, 0.2) is 54.6 Å². The molecule has 0 saturated heterocycles. The highest BCUT2D eigenvalue weighted by Gasteiger charge is 2.05. The average molecular weight is 253 g/mol. The fraction of sp³-hybridized carbons (Fsp3) is 0.333. The lowest BCUT2D eigenvalue weighted by molar-refractivity contribution is 0.689. The molecule has 0 aromatic heterocycles. The second kappa shape index (κ2) is 6.98. The molecule has 0 spiro atoms. The maximum atomic E-state index is 3.63. The van der Waals surface area contributed by atoms with E-state index in [0.29, 0.717) is 6.04 Å². The number of nitrogens with one attached hydrogen (secondary N) is 1. The zero-order valence-electron chi connectivity index (χ0n) is 11.9. The van der Waals surface area contributed by atoms with E-state index in [2.05, 4.69) is 73.8 Å². The first kappa shape index (κ1) is 13.7. The Bertz CT molecular complexity index is 490. The van der Waals surface area contributed by atoms with Crippen LogP contribution in [-0.2, 0) is 6.42 Å². The van der Waals surface area contributed by atoms with Crippen LogP contribution in [-0.4, -0.2) is 6.04 Å². The van der Waals surface area contributed by atoms with Crippen LogP contribution in [0.5, 0.6) is 0 Å². The van der Waals surface area contributed by atoms with Crippen LogP contribution in [0, 0.1) is 0 Å². The van der Waals surface area contributed by atoms with Gasteiger partial charge < -0.3 is 5.32 Å². The van der Waals surface area contributed by atoms with E-state index >= 15 is 0 Å². The molecule has 1 heteroatoms. The highest BCUT2D eigenvalue weighted by molar-refractivity contribution is 5.53. The Morgan fingerprint density at radius 3 is 2.37 bits per heavy atom. The minimum absolute atomic E-state index is 0.530. The lowest BCUT2D eigenvalue weighted by Gasteiger charge is -2.17. The number of para-hydroxylation sites is 1. The molecule has 0 radical (unpaired) electrons. The van der Waals surface area contributed by atoms with Crippen LogP contribution in [0.25, 0.3) is 0 Å². The van der Waals surface area contributed by atoms with Crippen molar-refractivity contribution in [3.8, 4) is 0 Å². The lowest BCUT2D eigenvalue weighted by atomic mass is 10.0. The van der Waals surface area contributed by atoms with E-state index in [4.69, 9.17) is 0 Å². The Morgan fingerprint density at radius 2 is 1.63 bits per heavy atom. The van der Waals surface area contributed by atoms with Crippen LogP contribution in [0.3, 0.4) is 0 Å². The Balaban J connectivity index is 2.12. The molecule has 0 aliphatic heterocycles. The summed E-state index contributed by atoms with van der Waals surface area (Å²) in [7, 11) is 0. The normalized spacial score (nSPS) is 12.1. The molecular weight excluding hydrogens is 230 g/mol. The molecule has 0 amide bonds. The quantitative estimate of drug-likeness (QED) is 0.773. The molecule has 0 aliphatic carbocycles. The zero-order valence-corrected chi connectivity index (χ0v) is 11.9. The molecular formula is C18H23N. The minimum Gasteiger partial charge on any atom is -0.382 e. The average Bonchev–Trinajstić information content (AvgIpc) is 2.42. The van der Waals surface area contributed by atoms with Crippen LogP contribution in [0.1, 0.15) is 37.8 Å². The number of benzene rings is 2. The summed E-state index contributed by atoms with van der Waals surface area (Å²) in [6, 6.07) is 19.8. The van der Waals surface area contributed by atoms with Gasteiger partial charge in [-0.2, -0.15) is 0 Å². The fourth-order valence-electron chi connectivity index (χ4n) is 2.40. The molecule has 0 aliphatic rings. The van der Waals surface area contributed by atoms with Crippen LogP contribution < -0.4 is 5.32 Å². The Kier molecular flexibility index (Phi) is 5.02. The predicted molar refractivity (Wildman–Crippen MR) is 83.7 cm³/mol. The third-order valence-corrected chi connectivity index (χ3v) is 3.38. The first-order chi connectivity index (χ1) is 9.29. The van der Waals surface area contributed by atoms with E-state index in [0.717, 1.165) is 6.42 Å². The van der Waals surface area contributed by atoms with E-state index in [9.17, 15) is 0 Å². The zero-order chi connectivity index (χ0) is 13.5. The standard InChI is InChI=1S/C18H23N/c1-3-9-15(2)19-18-13-8-7-12-17(18)14-16-10-5-4-6-11-16/h4-8,10-13,15,19H,3,9,14H2,1-2H3. The first-order valence-electron chi connectivity index (χ1n) is 7.18. The van der Waals surface area contributed by atoms with E-state index in [1.54, 1.807) is 0 Å². The van der Waals surface area contributed by atoms with Crippen molar-refractivity contribution in [2.75, 3.05) is 5.32 Å². The Hall–Kier alpha value is -1.76. The van der Waals surface area contributed by atoms with Crippen molar-refractivity contribution in [1.82, 2.24) is 0 Å². The molecule has 19 heavy (non-hydrogen) atoms. The molecule has 0 bridgehead atoms. The molecule has 1 unspecified atom stereocenters. The third-order valence-electron chi connectivity index (χ3n) is 3.38.